The summed E-state index contributed by atoms with van der Waals surface area (Å²) in [5.74, 6) is 0. The van der Waals surface area contributed by atoms with Crippen LogP contribution < -0.4 is 0 Å². The van der Waals surface area contributed by atoms with E-state index in [0.717, 1.165) is 5.56 Å². The molecule has 0 saturated heterocycles. The maximum absolute atomic E-state index is 12.2. The third kappa shape index (κ3) is 3.37. The summed E-state index contributed by atoms with van der Waals surface area (Å²) in [5.41, 5.74) is 0.909. The van der Waals surface area contributed by atoms with Gasteiger partial charge in [-0.3, -0.25) is 10.1 Å². The summed E-state index contributed by atoms with van der Waals surface area (Å²) < 4.78 is 24.3. The van der Waals surface area contributed by atoms with Crippen molar-refractivity contribution >= 4 is 25.4 Å². The van der Waals surface area contributed by atoms with Crippen molar-refractivity contribution in [2.75, 3.05) is 0 Å². The van der Waals surface area contributed by atoms with Gasteiger partial charge in [-0.25, -0.2) is 8.42 Å². The first-order chi connectivity index (χ1) is 9.38. The molecule has 2 aromatic rings. The Bertz CT molecular complexity index is 722. The first-order valence-electron chi connectivity index (χ1n) is 5.64. The Hall–Kier alpha value is -1.86. The topological polar surface area (TPSA) is 77.3 Å². The lowest BCUT2D eigenvalue weighted by molar-refractivity contribution is -0.384. The van der Waals surface area contributed by atoms with Crippen molar-refractivity contribution in [2.45, 2.75) is 16.7 Å². The van der Waals surface area contributed by atoms with Crippen LogP contribution in [0.25, 0.3) is 0 Å². The van der Waals surface area contributed by atoms with Gasteiger partial charge < -0.3 is 0 Å². The number of nitro benzene ring substituents is 1. The Morgan fingerprint density at radius 2 is 1.55 bits per heavy atom. The van der Waals surface area contributed by atoms with E-state index in [2.05, 4.69) is 0 Å². The van der Waals surface area contributed by atoms with Crippen molar-refractivity contribution in [3.63, 3.8) is 0 Å². The molecule has 0 bridgehead atoms. The summed E-state index contributed by atoms with van der Waals surface area (Å²) in [6.45, 7) is 1.87. The van der Waals surface area contributed by atoms with Crippen LogP contribution in [-0.4, -0.2) is 13.3 Å². The lowest BCUT2D eigenvalue weighted by atomic mass is 10.2. The van der Waals surface area contributed by atoms with Crippen LogP contribution in [0, 0.1) is 17.0 Å². The minimum Gasteiger partial charge on any atom is -0.258 e. The molecule has 5 nitrogen and oxygen atoms in total. The second-order valence-electron chi connectivity index (χ2n) is 4.10. The van der Waals surface area contributed by atoms with Crippen LogP contribution in [0.2, 0.25) is 0 Å². The molecule has 0 radical (unpaired) electrons. The molecule has 104 valence electrons. The molecule has 0 N–H and O–H groups in total. The smallest absolute Gasteiger partial charge is 0.258 e. The summed E-state index contributed by atoms with van der Waals surface area (Å²) in [6, 6.07) is 12.0. The second-order valence-corrected chi connectivity index (χ2v) is 7.94. The fourth-order valence-electron chi connectivity index (χ4n) is 1.50. The van der Waals surface area contributed by atoms with Gasteiger partial charge in [-0.1, -0.05) is 17.7 Å². The molecule has 0 atom stereocenters. The molecule has 0 aliphatic carbocycles. The molecule has 0 heterocycles. The predicted molar refractivity (Wildman–Crippen MR) is 77.3 cm³/mol. The van der Waals surface area contributed by atoms with Gasteiger partial charge >= 0.3 is 0 Å². The molecule has 0 saturated carbocycles. The summed E-state index contributed by atoms with van der Waals surface area (Å²) >= 11 is 0. The van der Waals surface area contributed by atoms with Crippen molar-refractivity contribution in [1.82, 2.24) is 0 Å². The SMILES string of the molecule is Cc1ccc(S(=O)(=O)Sc2ccc([N+](=O)[O-])cc2)cc1. The highest BCUT2D eigenvalue weighted by molar-refractivity contribution is 8.72. The molecular formula is C13H11NO4S2. The first kappa shape index (κ1) is 14.5. The van der Waals surface area contributed by atoms with E-state index in [4.69, 9.17) is 0 Å². The number of hydrogen-bond donors (Lipinski definition) is 0. The predicted octanol–water partition coefficient (Wildman–Crippen LogP) is 3.38. The molecule has 0 amide bonds. The van der Waals surface area contributed by atoms with E-state index in [1.54, 1.807) is 24.3 Å². The molecule has 0 spiro atoms. The average molecular weight is 309 g/mol. The van der Waals surface area contributed by atoms with Gasteiger partial charge in [0, 0.05) is 27.8 Å². The van der Waals surface area contributed by atoms with Gasteiger partial charge in [-0.05, 0) is 31.2 Å². The number of benzene rings is 2. The zero-order valence-corrected chi connectivity index (χ0v) is 12.1. The Balaban J connectivity index is 2.24. The van der Waals surface area contributed by atoms with Gasteiger partial charge in [0.1, 0.15) is 0 Å². The van der Waals surface area contributed by atoms with E-state index < -0.39 is 13.8 Å². The third-order valence-electron chi connectivity index (χ3n) is 2.56. The van der Waals surface area contributed by atoms with Crippen LogP contribution in [0.4, 0.5) is 5.69 Å². The molecule has 0 aliphatic rings. The monoisotopic (exact) mass is 309 g/mol. The number of non-ortho nitro benzene ring substituents is 1. The largest absolute Gasteiger partial charge is 0.269 e. The fraction of sp³-hybridized carbons (Fsp3) is 0.0769. The van der Waals surface area contributed by atoms with Crippen LogP contribution in [0.3, 0.4) is 0 Å². The zero-order valence-electron chi connectivity index (χ0n) is 10.5. The van der Waals surface area contributed by atoms with Crippen LogP contribution in [0.1, 0.15) is 5.56 Å². The molecule has 7 heteroatoms. The van der Waals surface area contributed by atoms with E-state index in [1.165, 1.54) is 24.3 Å². The number of aryl methyl sites for hydroxylation is 1. The van der Waals surface area contributed by atoms with Crippen LogP contribution in [-0.2, 0) is 8.87 Å². The Morgan fingerprint density at radius 3 is 2.05 bits per heavy atom. The standard InChI is InChI=1S/C13H11NO4S2/c1-10-2-8-13(9-3-10)20(17,18)19-12-6-4-11(5-7-12)14(15)16/h2-9H,1H3. The quantitative estimate of drug-likeness (QED) is 0.491. The van der Waals surface area contributed by atoms with Gasteiger partial charge in [0.2, 0.25) is 8.87 Å². The van der Waals surface area contributed by atoms with Gasteiger partial charge in [-0.2, -0.15) is 0 Å². The lowest BCUT2D eigenvalue weighted by Gasteiger charge is -2.04. The van der Waals surface area contributed by atoms with Crippen LogP contribution in [0.15, 0.2) is 58.3 Å². The summed E-state index contributed by atoms with van der Waals surface area (Å²) in [7, 11) is -2.84. The van der Waals surface area contributed by atoms with E-state index in [-0.39, 0.29) is 10.6 Å². The van der Waals surface area contributed by atoms with Crippen LogP contribution >= 0.6 is 10.8 Å². The molecule has 20 heavy (non-hydrogen) atoms. The normalized spacial score (nSPS) is 11.2. The fourth-order valence-corrected chi connectivity index (χ4v) is 4.28. The molecule has 2 rings (SSSR count). The number of nitrogens with zero attached hydrogens (tertiary/aromatic N) is 1. The van der Waals surface area contributed by atoms with Gasteiger partial charge in [-0.15, -0.1) is 0 Å². The highest BCUT2D eigenvalue weighted by Gasteiger charge is 2.17. The van der Waals surface area contributed by atoms with Crippen molar-refractivity contribution in [3.8, 4) is 0 Å². The van der Waals surface area contributed by atoms with Crippen molar-refractivity contribution in [3.05, 3.63) is 64.2 Å². The highest BCUT2D eigenvalue weighted by Crippen LogP contribution is 2.31. The molecule has 0 aromatic heterocycles. The third-order valence-corrected chi connectivity index (χ3v) is 5.91. The minimum absolute atomic E-state index is 0.0675. The molecular weight excluding hydrogens is 298 g/mol. The van der Waals surface area contributed by atoms with E-state index in [1.807, 2.05) is 6.92 Å². The van der Waals surface area contributed by atoms with Gasteiger partial charge in [0.15, 0.2) is 0 Å². The number of rotatable bonds is 4. The molecule has 2 aromatic carbocycles. The van der Waals surface area contributed by atoms with Crippen molar-refractivity contribution in [1.29, 1.82) is 0 Å². The summed E-state index contributed by atoms with van der Waals surface area (Å²) in [6.07, 6.45) is 0. The maximum Gasteiger partial charge on any atom is 0.269 e. The molecule has 0 aliphatic heterocycles. The lowest BCUT2D eigenvalue weighted by Crippen LogP contribution is -1.95. The van der Waals surface area contributed by atoms with Crippen molar-refractivity contribution < 1.29 is 13.3 Å². The molecule has 0 fully saturated rings. The second kappa shape index (κ2) is 5.64. The van der Waals surface area contributed by atoms with Crippen molar-refractivity contribution in [2.24, 2.45) is 0 Å². The van der Waals surface area contributed by atoms with E-state index in [9.17, 15) is 18.5 Å². The minimum atomic E-state index is -3.52. The van der Waals surface area contributed by atoms with E-state index >= 15 is 0 Å². The van der Waals surface area contributed by atoms with Crippen LogP contribution in [0.5, 0.6) is 0 Å². The average Bonchev–Trinajstić information content (AvgIpc) is 2.39. The van der Waals surface area contributed by atoms with Gasteiger partial charge in [0.05, 0.1) is 9.82 Å². The Labute approximate surface area is 120 Å². The molecule has 0 unspecified atom stereocenters. The summed E-state index contributed by atoms with van der Waals surface area (Å²) in [4.78, 5) is 10.7. The van der Waals surface area contributed by atoms with Gasteiger partial charge in [0.25, 0.3) is 5.69 Å². The first-order valence-corrected chi connectivity index (χ1v) is 8.46. The Kier molecular flexibility index (Phi) is 4.10. The summed E-state index contributed by atoms with van der Waals surface area (Å²) in [5, 5.41) is 10.5. The number of hydrogen-bond acceptors (Lipinski definition) is 5. The maximum atomic E-state index is 12.2. The van der Waals surface area contributed by atoms with E-state index in [0.29, 0.717) is 15.7 Å². The highest BCUT2D eigenvalue weighted by atomic mass is 33.1. The zero-order chi connectivity index (χ0) is 14.8. The number of nitro groups is 1. The Morgan fingerprint density at radius 1 is 1.00 bits per heavy atom.